The van der Waals surface area contributed by atoms with Crippen LogP contribution in [0.1, 0.15) is 73.0 Å². The molecule has 6 rings (SSSR count). The third-order valence-corrected chi connectivity index (χ3v) is 8.60. The predicted molar refractivity (Wildman–Crippen MR) is 159 cm³/mol. The minimum atomic E-state index is -0.583. The smallest absolute Gasteiger partial charge is 0.340 e. The molecule has 2 aliphatic carbocycles. The number of likely N-dealkylation sites (tertiary alicyclic amines) is 1. The number of amides is 4. The van der Waals surface area contributed by atoms with E-state index in [1.807, 2.05) is 0 Å². The molecule has 3 aliphatic rings. The van der Waals surface area contributed by atoms with Gasteiger partial charge in [0.1, 0.15) is 5.69 Å². The Balaban J connectivity index is 1.08. The zero-order valence-electron chi connectivity index (χ0n) is 25.4. The largest absolute Gasteiger partial charge is 0.465 e. The number of nitrogens with one attached hydrogen (secondary N) is 4. The van der Waals surface area contributed by atoms with Crippen LogP contribution in [0.3, 0.4) is 0 Å². The van der Waals surface area contributed by atoms with Crippen LogP contribution in [-0.4, -0.2) is 79.6 Å². The zero-order valence-corrected chi connectivity index (χ0v) is 25.4. The number of carbonyl (C=O) groups excluding carboxylic acids is 6. The molecule has 4 amide bonds. The summed E-state index contributed by atoms with van der Waals surface area (Å²) in [5.74, 6) is -1.99. The van der Waals surface area contributed by atoms with Gasteiger partial charge in [0.05, 0.1) is 24.1 Å². The van der Waals surface area contributed by atoms with Crippen molar-refractivity contribution in [2.24, 2.45) is 20.0 Å². The molecular formula is C30H32N8O7. The van der Waals surface area contributed by atoms with E-state index in [4.69, 9.17) is 4.74 Å². The van der Waals surface area contributed by atoms with Gasteiger partial charge in [-0.3, -0.25) is 24.0 Å². The molecule has 2 unspecified atom stereocenters. The number of nitrogens with zero attached hydrogens (tertiary/aromatic N) is 4. The fraction of sp³-hybridized carbons (Fsp3) is 0.367. The van der Waals surface area contributed by atoms with Crippen molar-refractivity contribution < 1.29 is 33.5 Å². The van der Waals surface area contributed by atoms with Gasteiger partial charge in [-0.05, 0) is 25.3 Å². The van der Waals surface area contributed by atoms with Gasteiger partial charge in [0, 0.05) is 81.4 Å². The lowest BCUT2D eigenvalue weighted by molar-refractivity contribution is -0.128. The number of esters is 1. The van der Waals surface area contributed by atoms with Crippen LogP contribution in [0.4, 0.5) is 11.5 Å². The molecule has 2 atom stereocenters. The molecule has 15 heteroatoms. The molecule has 0 aromatic carbocycles. The number of rotatable bonds is 8. The molecule has 4 N–H and O–H groups in total. The summed E-state index contributed by atoms with van der Waals surface area (Å²) < 4.78 is 8.00. The number of allylic oxidation sites excluding steroid dienone is 2. The summed E-state index contributed by atoms with van der Waals surface area (Å²) in [7, 11) is 4.56. The Kier molecular flexibility index (Phi) is 6.98. The van der Waals surface area contributed by atoms with Crippen molar-refractivity contribution in [1.82, 2.24) is 29.3 Å². The number of anilines is 2. The first-order chi connectivity index (χ1) is 21.3. The predicted octanol–water partition coefficient (Wildman–Crippen LogP) is 1.39. The first-order valence-corrected chi connectivity index (χ1v) is 14.3. The third-order valence-electron chi connectivity index (χ3n) is 8.60. The number of piperidine rings is 1. The number of methoxy groups -OCH3 is 1. The molecule has 45 heavy (non-hydrogen) atoms. The second-order valence-corrected chi connectivity index (χ2v) is 11.6. The molecule has 0 bridgehead atoms. The SMILES string of the molecule is COC(=O)c1c(C)[nH]c2c1C13CC1CN(C(=O)CCNC(=O)c1cc(NC(=O)c4nc(NC(C)=O)cn4C)cn1C)C3=CC2=O. The second-order valence-electron chi connectivity index (χ2n) is 11.6. The molecule has 234 valence electrons. The quantitative estimate of drug-likeness (QED) is 0.273. The minimum Gasteiger partial charge on any atom is -0.465 e. The summed E-state index contributed by atoms with van der Waals surface area (Å²) in [4.78, 5) is 84.8. The number of hydrogen-bond acceptors (Lipinski definition) is 8. The van der Waals surface area contributed by atoms with E-state index in [0.29, 0.717) is 40.4 Å². The Bertz CT molecular complexity index is 1860. The highest BCUT2D eigenvalue weighted by molar-refractivity contribution is 6.11. The number of carbonyl (C=O) groups is 6. The maximum absolute atomic E-state index is 13.3. The van der Waals surface area contributed by atoms with Gasteiger partial charge in [-0.1, -0.05) is 0 Å². The Morgan fingerprint density at radius 3 is 2.58 bits per heavy atom. The summed E-state index contributed by atoms with van der Waals surface area (Å²) >= 11 is 0. The normalized spacial score (nSPS) is 19.2. The van der Waals surface area contributed by atoms with E-state index in [0.717, 1.165) is 6.42 Å². The van der Waals surface area contributed by atoms with E-state index in [-0.39, 0.29) is 53.8 Å². The molecule has 0 radical (unpaired) electrons. The Morgan fingerprint density at radius 2 is 1.87 bits per heavy atom. The third kappa shape index (κ3) is 4.80. The van der Waals surface area contributed by atoms with Gasteiger partial charge in [-0.2, -0.15) is 0 Å². The van der Waals surface area contributed by atoms with Crippen LogP contribution in [-0.2, 0) is 33.8 Å². The van der Waals surface area contributed by atoms with Crippen LogP contribution in [0.2, 0.25) is 0 Å². The number of fused-ring (bicyclic) bond motifs is 1. The lowest BCUT2D eigenvalue weighted by atomic mass is 9.82. The van der Waals surface area contributed by atoms with E-state index in [1.165, 1.54) is 36.9 Å². The van der Waals surface area contributed by atoms with Gasteiger partial charge in [0.2, 0.25) is 23.4 Å². The van der Waals surface area contributed by atoms with Crippen LogP contribution >= 0.6 is 0 Å². The van der Waals surface area contributed by atoms with Crippen molar-refractivity contribution in [3.63, 3.8) is 0 Å². The van der Waals surface area contributed by atoms with Crippen LogP contribution in [0.25, 0.3) is 0 Å². The number of ether oxygens (including phenoxy) is 1. The average Bonchev–Trinajstić information content (AvgIpc) is 3.28. The molecule has 1 saturated heterocycles. The van der Waals surface area contributed by atoms with E-state index in [9.17, 15) is 28.8 Å². The highest BCUT2D eigenvalue weighted by atomic mass is 16.5. The molecule has 1 aliphatic heterocycles. The number of aryl methyl sites for hydroxylation is 3. The fourth-order valence-electron chi connectivity index (χ4n) is 6.58. The lowest BCUT2D eigenvalue weighted by Crippen LogP contribution is -2.36. The lowest BCUT2D eigenvalue weighted by Gasteiger charge is -2.28. The van der Waals surface area contributed by atoms with Crippen molar-refractivity contribution in [1.29, 1.82) is 0 Å². The molecular weight excluding hydrogens is 584 g/mol. The number of H-pyrrole nitrogens is 1. The highest BCUT2D eigenvalue weighted by Gasteiger charge is 2.68. The van der Waals surface area contributed by atoms with Crippen molar-refractivity contribution in [2.75, 3.05) is 30.8 Å². The maximum atomic E-state index is 13.3. The zero-order chi connectivity index (χ0) is 32.4. The van der Waals surface area contributed by atoms with Gasteiger partial charge in [0.25, 0.3) is 11.8 Å². The number of hydrogen-bond donors (Lipinski definition) is 4. The van der Waals surface area contributed by atoms with Gasteiger partial charge < -0.3 is 39.7 Å². The summed E-state index contributed by atoms with van der Waals surface area (Å²) in [5.41, 5.74) is 2.50. The maximum Gasteiger partial charge on any atom is 0.340 e. The van der Waals surface area contributed by atoms with Gasteiger partial charge in [-0.15, -0.1) is 0 Å². The Morgan fingerprint density at radius 1 is 1.11 bits per heavy atom. The molecule has 2 fully saturated rings. The van der Waals surface area contributed by atoms with E-state index in [1.54, 1.807) is 36.7 Å². The molecule has 3 aromatic heterocycles. The van der Waals surface area contributed by atoms with E-state index in [2.05, 4.69) is 25.9 Å². The van der Waals surface area contributed by atoms with Gasteiger partial charge in [0.15, 0.2) is 5.82 Å². The van der Waals surface area contributed by atoms with Crippen molar-refractivity contribution in [3.8, 4) is 0 Å². The van der Waals surface area contributed by atoms with Crippen LogP contribution in [0.15, 0.2) is 30.2 Å². The first kappa shape index (κ1) is 29.6. The van der Waals surface area contributed by atoms with Crippen molar-refractivity contribution >= 4 is 46.9 Å². The molecule has 1 saturated carbocycles. The monoisotopic (exact) mass is 616 g/mol. The second kappa shape index (κ2) is 10.6. The Hall–Kier alpha value is -5.47. The molecule has 4 heterocycles. The topological polar surface area (TPSA) is 190 Å². The number of aromatic amines is 1. The van der Waals surface area contributed by atoms with E-state index < -0.39 is 23.2 Å². The number of ketones is 1. The number of aromatic nitrogens is 4. The van der Waals surface area contributed by atoms with Gasteiger partial charge >= 0.3 is 5.97 Å². The number of imidazole rings is 1. The standard InChI is InChI=1S/C30H32N8O7/c1-14-23(29(44)45-5)24-25(32-14)19(40)9-20-30(24)10-16(30)11-38(20)22(41)6-7-31-27(42)18-8-17(12-36(18)3)34-28(43)26-35-21(13-37(26)4)33-15(2)39/h8-9,12-13,16,32H,6-7,10-11H2,1-5H3,(H,31,42)(H,33,39)(H,34,43). The van der Waals surface area contributed by atoms with Crippen LogP contribution < -0.4 is 16.0 Å². The van der Waals surface area contributed by atoms with Gasteiger partial charge in [-0.25, -0.2) is 9.78 Å². The summed E-state index contributed by atoms with van der Waals surface area (Å²) in [6.45, 7) is 3.52. The van der Waals surface area contributed by atoms with Crippen LogP contribution in [0, 0.1) is 12.8 Å². The van der Waals surface area contributed by atoms with E-state index >= 15 is 0 Å². The highest BCUT2D eigenvalue weighted by Crippen LogP contribution is 2.67. The first-order valence-electron chi connectivity index (χ1n) is 14.3. The van der Waals surface area contributed by atoms with Crippen molar-refractivity contribution in [3.05, 3.63) is 64.3 Å². The fourth-order valence-corrected chi connectivity index (χ4v) is 6.58. The summed E-state index contributed by atoms with van der Waals surface area (Å²) in [6.07, 6.45) is 5.27. The van der Waals surface area contributed by atoms with Crippen molar-refractivity contribution in [2.45, 2.75) is 32.1 Å². The molecule has 1 spiro atoms. The summed E-state index contributed by atoms with van der Waals surface area (Å²) in [5, 5.41) is 7.96. The Labute approximate surface area is 257 Å². The molecule has 3 aromatic rings. The van der Waals surface area contributed by atoms with Crippen LogP contribution in [0.5, 0.6) is 0 Å². The minimum absolute atomic E-state index is 0.00718. The summed E-state index contributed by atoms with van der Waals surface area (Å²) in [6, 6.07) is 1.50. The average molecular weight is 617 g/mol. The molecule has 15 nitrogen and oxygen atoms in total.